The summed E-state index contributed by atoms with van der Waals surface area (Å²) in [5.41, 5.74) is 1.85. The minimum Gasteiger partial charge on any atom is -0.346 e. The topological polar surface area (TPSA) is 42.0 Å². The lowest BCUT2D eigenvalue weighted by Crippen LogP contribution is -2.44. The summed E-state index contributed by atoms with van der Waals surface area (Å²) < 4.78 is 0. The Morgan fingerprint density at radius 1 is 1.05 bits per heavy atom. The molecular formula is C18H20N2O. The Kier molecular flexibility index (Phi) is 4.00. The predicted octanol–water partition coefficient (Wildman–Crippen LogP) is 3.21. The second-order valence-corrected chi connectivity index (χ2v) is 5.70. The number of amides is 1. The number of aromatic nitrogens is 1. The van der Waals surface area contributed by atoms with Crippen molar-refractivity contribution in [1.82, 2.24) is 10.3 Å². The van der Waals surface area contributed by atoms with Crippen molar-refractivity contribution in [2.75, 3.05) is 0 Å². The van der Waals surface area contributed by atoms with Crippen LogP contribution in [0.2, 0.25) is 0 Å². The summed E-state index contributed by atoms with van der Waals surface area (Å²) in [6.45, 7) is 0. The zero-order chi connectivity index (χ0) is 14.5. The summed E-state index contributed by atoms with van der Waals surface area (Å²) in [4.78, 5) is 16.6. The number of carbonyl (C=O) groups is 1. The molecule has 1 fully saturated rings. The van der Waals surface area contributed by atoms with Gasteiger partial charge in [0, 0.05) is 11.9 Å². The van der Waals surface area contributed by atoms with Gasteiger partial charge in [-0.2, -0.15) is 0 Å². The molecule has 108 valence electrons. The maximum atomic E-state index is 12.4. The van der Waals surface area contributed by atoms with Crippen LogP contribution in [0.25, 0.3) is 0 Å². The molecule has 21 heavy (non-hydrogen) atoms. The number of rotatable bonds is 4. The van der Waals surface area contributed by atoms with Gasteiger partial charge in [-0.25, -0.2) is 0 Å². The van der Waals surface area contributed by atoms with E-state index in [4.69, 9.17) is 0 Å². The Morgan fingerprint density at radius 3 is 2.43 bits per heavy atom. The number of nitrogens with zero attached hydrogens (tertiary/aromatic N) is 1. The van der Waals surface area contributed by atoms with Gasteiger partial charge in [0.25, 0.3) is 0 Å². The number of pyridine rings is 1. The van der Waals surface area contributed by atoms with E-state index in [1.807, 2.05) is 36.4 Å². The van der Waals surface area contributed by atoms with Gasteiger partial charge >= 0.3 is 0 Å². The van der Waals surface area contributed by atoms with E-state index in [0.29, 0.717) is 6.42 Å². The van der Waals surface area contributed by atoms with E-state index in [2.05, 4.69) is 22.4 Å². The van der Waals surface area contributed by atoms with Crippen molar-refractivity contribution < 1.29 is 4.79 Å². The molecule has 3 rings (SSSR count). The van der Waals surface area contributed by atoms with Crippen molar-refractivity contribution in [3.63, 3.8) is 0 Å². The molecule has 0 radical (unpaired) electrons. The van der Waals surface area contributed by atoms with E-state index in [9.17, 15) is 4.79 Å². The van der Waals surface area contributed by atoms with Crippen molar-refractivity contribution in [3.05, 3.63) is 66.0 Å². The van der Waals surface area contributed by atoms with Crippen LogP contribution in [0.5, 0.6) is 0 Å². The Hall–Kier alpha value is -2.16. The fraction of sp³-hybridized carbons (Fsp3) is 0.333. The maximum Gasteiger partial charge on any atom is 0.226 e. The summed E-state index contributed by atoms with van der Waals surface area (Å²) >= 11 is 0. The summed E-state index contributed by atoms with van der Waals surface area (Å²) in [5, 5.41) is 3.28. The molecule has 3 heteroatoms. The lowest BCUT2D eigenvalue weighted by molar-refractivity contribution is -0.122. The highest BCUT2D eigenvalue weighted by molar-refractivity contribution is 5.79. The molecule has 0 saturated heterocycles. The third-order valence-electron chi connectivity index (χ3n) is 4.23. The first kappa shape index (κ1) is 13.8. The molecular weight excluding hydrogens is 260 g/mol. The largest absolute Gasteiger partial charge is 0.346 e. The number of hydrogen-bond donors (Lipinski definition) is 1. The van der Waals surface area contributed by atoms with Crippen LogP contribution in [-0.4, -0.2) is 10.9 Å². The van der Waals surface area contributed by atoms with Gasteiger partial charge in [0.2, 0.25) is 5.91 Å². The first-order valence-electron chi connectivity index (χ1n) is 7.55. The molecule has 3 nitrogen and oxygen atoms in total. The maximum absolute atomic E-state index is 12.4. The molecule has 0 unspecified atom stereocenters. The predicted molar refractivity (Wildman–Crippen MR) is 82.7 cm³/mol. The fourth-order valence-electron chi connectivity index (χ4n) is 3.20. The van der Waals surface area contributed by atoms with Gasteiger partial charge in [0.15, 0.2) is 0 Å². The Labute approximate surface area is 125 Å². The van der Waals surface area contributed by atoms with E-state index in [1.165, 1.54) is 18.4 Å². The monoisotopic (exact) mass is 280 g/mol. The minimum absolute atomic E-state index is 0.0550. The van der Waals surface area contributed by atoms with Crippen LogP contribution in [0.4, 0.5) is 0 Å². The smallest absolute Gasteiger partial charge is 0.226 e. The number of hydrogen-bond acceptors (Lipinski definition) is 2. The zero-order valence-corrected chi connectivity index (χ0v) is 12.1. The fourth-order valence-corrected chi connectivity index (χ4v) is 3.20. The van der Waals surface area contributed by atoms with E-state index in [0.717, 1.165) is 18.5 Å². The first-order chi connectivity index (χ1) is 10.3. The highest BCUT2D eigenvalue weighted by Crippen LogP contribution is 2.38. The van der Waals surface area contributed by atoms with Crippen LogP contribution >= 0.6 is 0 Å². The molecule has 1 heterocycles. The molecule has 0 aliphatic heterocycles. The highest BCUT2D eigenvalue weighted by Gasteiger charge is 2.36. The van der Waals surface area contributed by atoms with Gasteiger partial charge in [0.1, 0.15) is 0 Å². The lowest BCUT2D eigenvalue weighted by Gasteiger charge is -2.31. The molecule has 2 aromatic rings. The van der Waals surface area contributed by atoms with Crippen molar-refractivity contribution in [2.24, 2.45) is 0 Å². The van der Waals surface area contributed by atoms with Gasteiger partial charge in [0.05, 0.1) is 12.0 Å². The number of carbonyl (C=O) groups excluding carboxylic acids is 1. The van der Waals surface area contributed by atoms with Crippen molar-refractivity contribution in [2.45, 2.75) is 37.6 Å². The van der Waals surface area contributed by atoms with Crippen molar-refractivity contribution in [3.8, 4) is 0 Å². The summed E-state index contributed by atoms with van der Waals surface area (Å²) in [6.07, 6.45) is 6.44. The Balaban J connectivity index is 1.75. The summed E-state index contributed by atoms with van der Waals surface area (Å²) in [7, 11) is 0. The molecule has 0 spiro atoms. The van der Waals surface area contributed by atoms with Gasteiger partial charge in [-0.05, 0) is 30.5 Å². The molecule has 0 atom stereocenters. The van der Waals surface area contributed by atoms with Gasteiger partial charge in [-0.15, -0.1) is 0 Å². The molecule has 1 amide bonds. The highest BCUT2D eigenvalue weighted by atomic mass is 16.1. The quantitative estimate of drug-likeness (QED) is 0.934. The standard InChI is InChI=1S/C18H20N2O/c21-17(14-16-10-4-7-13-19-16)20-18(11-5-6-12-18)15-8-2-1-3-9-15/h1-4,7-10,13H,5-6,11-12,14H2,(H,20,21). The van der Waals surface area contributed by atoms with Gasteiger partial charge < -0.3 is 5.32 Å². The molecule has 1 aromatic heterocycles. The van der Waals surface area contributed by atoms with Crippen molar-refractivity contribution in [1.29, 1.82) is 0 Å². The second kappa shape index (κ2) is 6.08. The summed E-state index contributed by atoms with van der Waals surface area (Å²) in [6, 6.07) is 16.0. The van der Waals surface area contributed by atoms with Crippen LogP contribution in [0.15, 0.2) is 54.7 Å². The molecule has 1 aromatic carbocycles. The first-order valence-corrected chi connectivity index (χ1v) is 7.55. The van der Waals surface area contributed by atoms with E-state index < -0.39 is 0 Å². The Morgan fingerprint density at radius 2 is 1.76 bits per heavy atom. The van der Waals surface area contributed by atoms with Crippen LogP contribution in [0, 0.1) is 0 Å². The van der Waals surface area contributed by atoms with E-state index in [1.54, 1.807) is 6.20 Å². The number of nitrogens with one attached hydrogen (secondary N) is 1. The molecule has 1 aliphatic rings. The third kappa shape index (κ3) is 3.13. The van der Waals surface area contributed by atoms with Crippen LogP contribution in [0.3, 0.4) is 0 Å². The molecule has 1 N–H and O–H groups in total. The van der Waals surface area contributed by atoms with Crippen molar-refractivity contribution >= 4 is 5.91 Å². The SMILES string of the molecule is O=C(Cc1ccccn1)NC1(c2ccccc2)CCCC1. The Bertz CT molecular complexity index is 589. The normalized spacial score (nSPS) is 16.6. The lowest BCUT2D eigenvalue weighted by atomic mass is 9.88. The van der Waals surface area contributed by atoms with Gasteiger partial charge in [-0.1, -0.05) is 49.2 Å². The molecule has 1 saturated carbocycles. The van der Waals surface area contributed by atoms with Crippen LogP contribution in [-0.2, 0) is 16.8 Å². The van der Waals surface area contributed by atoms with Gasteiger partial charge in [-0.3, -0.25) is 9.78 Å². The zero-order valence-electron chi connectivity index (χ0n) is 12.1. The number of benzene rings is 1. The van der Waals surface area contributed by atoms with Crippen LogP contribution < -0.4 is 5.32 Å². The second-order valence-electron chi connectivity index (χ2n) is 5.70. The average Bonchev–Trinajstić information content (AvgIpc) is 2.99. The third-order valence-corrected chi connectivity index (χ3v) is 4.23. The minimum atomic E-state index is -0.187. The molecule has 1 aliphatic carbocycles. The van der Waals surface area contributed by atoms with E-state index >= 15 is 0 Å². The van der Waals surface area contributed by atoms with E-state index in [-0.39, 0.29) is 11.4 Å². The molecule has 0 bridgehead atoms. The average molecular weight is 280 g/mol. The summed E-state index contributed by atoms with van der Waals surface area (Å²) in [5.74, 6) is 0.0550. The van der Waals surface area contributed by atoms with Crippen LogP contribution in [0.1, 0.15) is 36.9 Å².